The lowest BCUT2D eigenvalue weighted by atomic mass is 10.0. The first-order valence-electron chi connectivity index (χ1n) is 8.75. The largest absolute Gasteiger partial charge is 0.344 e. The molecule has 1 unspecified atom stereocenters. The van der Waals surface area contributed by atoms with Gasteiger partial charge >= 0.3 is 6.03 Å². The fourth-order valence-electron chi connectivity index (χ4n) is 2.52. The van der Waals surface area contributed by atoms with Gasteiger partial charge in [0.2, 0.25) is 5.91 Å². The lowest BCUT2D eigenvalue weighted by molar-refractivity contribution is -0.132. The SMILES string of the molecule is CC(C)C(NC(=O)Nc1ccccc1)C(=O)N(C)CCc1ccccn1. The number of likely N-dealkylation sites (N-methyl/N-ethyl adjacent to an activating group) is 1. The van der Waals surface area contributed by atoms with Gasteiger partial charge in [0.1, 0.15) is 6.04 Å². The Balaban J connectivity index is 1.92. The van der Waals surface area contributed by atoms with Gasteiger partial charge in [-0.2, -0.15) is 0 Å². The number of anilines is 1. The van der Waals surface area contributed by atoms with E-state index in [4.69, 9.17) is 0 Å². The number of para-hydroxylation sites is 1. The van der Waals surface area contributed by atoms with Crippen molar-refractivity contribution in [2.75, 3.05) is 18.9 Å². The third-order valence-corrected chi connectivity index (χ3v) is 4.06. The molecule has 2 N–H and O–H groups in total. The van der Waals surface area contributed by atoms with Crippen molar-refractivity contribution in [2.45, 2.75) is 26.3 Å². The van der Waals surface area contributed by atoms with E-state index in [0.717, 1.165) is 5.69 Å². The zero-order chi connectivity index (χ0) is 18.9. The summed E-state index contributed by atoms with van der Waals surface area (Å²) in [7, 11) is 1.75. The average Bonchev–Trinajstić information content (AvgIpc) is 2.65. The summed E-state index contributed by atoms with van der Waals surface area (Å²) in [6, 6.07) is 13.9. The number of hydrogen-bond acceptors (Lipinski definition) is 3. The Hall–Kier alpha value is -2.89. The van der Waals surface area contributed by atoms with E-state index in [1.807, 2.05) is 50.2 Å². The topological polar surface area (TPSA) is 74.3 Å². The number of pyridine rings is 1. The molecular weight excluding hydrogens is 328 g/mol. The molecule has 1 atom stereocenters. The third-order valence-electron chi connectivity index (χ3n) is 4.06. The first kappa shape index (κ1) is 19.4. The quantitative estimate of drug-likeness (QED) is 0.803. The molecule has 3 amide bonds. The van der Waals surface area contributed by atoms with Crippen molar-refractivity contribution in [1.29, 1.82) is 0 Å². The van der Waals surface area contributed by atoms with E-state index in [1.165, 1.54) is 0 Å². The molecule has 0 spiro atoms. The van der Waals surface area contributed by atoms with Crippen LogP contribution in [0.1, 0.15) is 19.5 Å². The van der Waals surface area contributed by atoms with Gasteiger partial charge in [0.05, 0.1) is 0 Å². The van der Waals surface area contributed by atoms with Crippen LogP contribution in [0, 0.1) is 5.92 Å². The molecule has 1 aromatic carbocycles. The number of aromatic nitrogens is 1. The van der Waals surface area contributed by atoms with Crippen LogP contribution in [0.2, 0.25) is 0 Å². The Morgan fingerprint density at radius 3 is 2.38 bits per heavy atom. The summed E-state index contributed by atoms with van der Waals surface area (Å²) in [5, 5.41) is 5.54. The molecule has 26 heavy (non-hydrogen) atoms. The molecule has 0 bridgehead atoms. The highest BCUT2D eigenvalue weighted by molar-refractivity contribution is 5.93. The normalized spacial score (nSPS) is 11.7. The standard InChI is InChI=1S/C20H26N4O2/c1-15(2)18(23-20(26)22-17-10-5-4-6-11-17)19(25)24(3)14-12-16-9-7-8-13-21-16/h4-11,13,15,18H,12,14H2,1-3H3,(H2,22,23,26). The number of rotatable bonds is 7. The molecule has 0 fully saturated rings. The van der Waals surface area contributed by atoms with Gasteiger partial charge in [0.15, 0.2) is 0 Å². The van der Waals surface area contributed by atoms with Crippen molar-refractivity contribution < 1.29 is 9.59 Å². The first-order chi connectivity index (χ1) is 12.5. The number of carbonyl (C=O) groups excluding carboxylic acids is 2. The molecule has 2 rings (SSSR count). The Bertz CT molecular complexity index is 704. The number of hydrogen-bond donors (Lipinski definition) is 2. The Labute approximate surface area is 154 Å². The maximum atomic E-state index is 12.8. The summed E-state index contributed by atoms with van der Waals surface area (Å²) in [4.78, 5) is 30.9. The van der Waals surface area contributed by atoms with Crippen LogP contribution in [0.15, 0.2) is 54.7 Å². The van der Waals surface area contributed by atoms with Gasteiger partial charge in [0, 0.05) is 37.6 Å². The van der Waals surface area contributed by atoms with E-state index in [2.05, 4.69) is 15.6 Å². The summed E-state index contributed by atoms with van der Waals surface area (Å²) >= 11 is 0. The molecule has 0 radical (unpaired) electrons. The van der Waals surface area contributed by atoms with E-state index in [-0.39, 0.29) is 17.9 Å². The number of nitrogens with zero attached hydrogens (tertiary/aromatic N) is 2. The Kier molecular flexibility index (Phi) is 7.14. The van der Waals surface area contributed by atoms with Crippen molar-refractivity contribution >= 4 is 17.6 Å². The van der Waals surface area contributed by atoms with Gasteiger partial charge < -0.3 is 15.5 Å². The Morgan fingerprint density at radius 1 is 1.08 bits per heavy atom. The summed E-state index contributed by atoms with van der Waals surface area (Å²) in [5.74, 6) is -0.138. The second-order valence-electron chi connectivity index (χ2n) is 6.52. The lowest BCUT2D eigenvalue weighted by Gasteiger charge is -2.27. The van der Waals surface area contributed by atoms with Crippen molar-refractivity contribution in [1.82, 2.24) is 15.2 Å². The predicted molar refractivity (Wildman–Crippen MR) is 103 cm³/mol. The van der Waals surface area contributed by atoms with Crippen molar-refractivity contribution in [3.8, 4) is 0 Å². The summed E-state index contributed by atoms with van der Waals surface area (Å²) in [5.41, 5.74) is 1.62. The summed E-state index contributed by atoms with van der Waals surface area (Å²) in [6.07, 6.45) is 2.41. The van der Waals surface area contributed by atoms with Crippen LogP contribution in [0.5, 0.6) is 0 Å². The zero-order valence-corrected chi connectivity index (χ0v) is 15.5. The molecule has 0 saturated heterocycles. The predicted octanol–water partition coefficient (Wildman–Crippen LogP) is 2.93. The molecular formula is C20H26N4O2. The monoisotopic (exact) mass is 354 g/mol. The summed E-state index contributed by atoms with van der Waals surface area (Å²) < 4.78 is 0. The maximum Gasteiger partial charge on any atom is 0.319 e. The molecule has 0 saturated carbocycles. The van der Waals surface area contributed by atoms with Crippen molar-refractivity contribution in [2.24, 2.45) is 5.92 Å². The number of nitrogens with one attached hydrogen (secondary N) is 2. The van der Waals surface area contributed by atoms with E-state index in [1.54, 1.807) is 30.3 Å². The first-order valence-corrected chi connectivity index (χ1v) is 8.75. The highest BCUT2D eigenvalue weighted by Gasteiger charge is 2.26. The van der Waals surface area contributed by atoms with Crippen molar-refractivity contribution in [3.63, 3.8) is 0 Å². The van der Waals surface area contributed by atoms with E-state index < -0.39 is 6.04 Å². The zero-order valence-electron chi connectivity index (χ0n) is 15.5. The van der Waals surface area contributed by atoms with Gasteiger partial charge in [-0.1, -0.05) is 38.1 Å². The van der Waals surface area contributed by atoms with Crippen LogP contribution in [-0.4, -0.2) is 41.5 Å². The second kappa shape index (κ2) is 9.56. The molecule has 0 aliphatic rings. The van der Waals surface area contributed by atoms with Gasteiger partial charge in [-0.3, -0.25) is 9.78 Å². The number of benzene rings is 1. The minimum atomic E-state index is -0.590. The molecule has 2 aromatic rings. The average molecular weight is 354 g/mol. The van der Waals surface area contributed by atoms with Crippen LogP contribution < -0.4 is 10.6 Å². The van der Waals surface area contributed by atoms with Crippen LogP contribution in [0.3, 0.4) is 0 Å². The van der Waals surface area contributed by atoms with Gasteiger partial charge in [-0.05, 0) is 30.2 Å². The van der Waals surface area contributed by atoms with E-state index in [9.17, 15) is 9.59 Å². The smallest absolute Gasteiger partial charge is 0.319 e. The van der Waals surface area contributed by atoms with E-state index in [0.29, 0.717) is 18.7 Å². The molecule has 0 aliphatic heterocycles. The highest BCUT2D eigenvalue weighted by atomic mass is 16.2. The fraction of sp³-hybridized carbons (Fsp3) is 0.350. The Morgan fingerprint density at radius 2 is 1.77 bits per heavy atom. The number of amides is 3. The third kappa shape index (κ3) is 5.88. The number of carbonyl (C=O) groups is 2. The number of urea groups is 1. The lowest BCUT2D eigenvalue weighted by Crippen LogP contribution is -2.51. The van der Waals surface area contributed by atoms with Gasteiger partial charge in [-0.25, -0.2) is 4.79 Å². The fourth-order valence-corrected chi connectivity index (χ4v) is 2.52. The van der Waals surface area contributed by atoms with Gasteiger partial charge in [-0.15, -0.1) is 0 Å². The molecule has 1 aromatic heterocycles. The van der Waals surface area contributed by atoms with Crippen LogP contribution in [0.4, 0.5) is 10.5 Å². The molecule has 1 heterocycles. The van der Waals surface area contributed by atoms with Crippen LogP contribution in [-0.2, 0) is 11.2 Å². The molecule has 138 valence electrons. The van der Waals surface area contributed by atoms with Crippen molar-refractivity contribution in [3.05, 3.63) is 60.4 Å². The molecule has 6 heteroatoms. The van der Waals surface area contributed by atoms with Gasteiger partial charge in [0.25, 0.3) is 0 Å². The van der Waals surface area contributed by atoms with E-state index >= 15 is 0 Å². The van der Waals surface area contributed by atoms with Crippen LogP contribution in [0.25, 0.3) is 0 Å². The molecule has 6 nitrogen and oxygen atoms in total. The van der Waals surface area contributed by atoms with Crippen LogP contribution >= 0.6 is 0 Å². The molecule has 0 aliphatic carbocycles. The minimum Gasteiger partial charge on any atom is -0.344 e. The second-order valence-corrected chi connectivity index (χ2v) is 6.52. The maximum absolute atomic E-state index is 12.8. The summed E-state index contributed by atoms with van der Waals surface area (Å²) in [6.45, 7) is 4.37. The highest BCUT2D eigenvalue weighted by Crippen LogP contribution is 2.09. The minimum absolute atomic E-state index is 0.0266.